The van der Waals surface area contributed by atoms with Crippen LogP contribution in [-0.2, 0) is 11.2 Å². The molecular weight excluding hydrogens is 274 g/mol. The highest BCUT2D eigenvalue weighted by Gasteiger charge is 2.39. The van der Waals surface area contributed by atoms with Crippen molar-refractivity contribution in [2.45, 2.75) is 66.4 Å². The van der Waals surface area contributed by atoms with E-state index in [-0.39, 0.29) is 5.91 Å². The second-order valence-corrected chi connectivity index (χ2v) is 7.21. The lowest BCUT2D eigenvalue weighted by atomic mass is 9.87. The molecule has 0 aliphatic carbocycles. The monoisotopic (exact) mass is 303 g/mol. The van der Waals surface area contributed by atoms with Crippen LogP contribution in [0.3, 0.4) is 0 Å². The summed E-state index contributed by atoms with van der Waals surface area (Å²) >= 11 is 0. The second-order valence-electron chi connectivity index (χ2n) is 7.21. The van der Waals surface area contributed by atoms with Crippen LogP contribution in [0.2, 0.25) is 0 Å². The third-order valence-corrected chi connectivity index (χ3v) is 4.78. The first-order valence-electron chi connectivity index (χ1n) is 8.31. The SMILES string of the molecule is Cc1cc(C)c2c(c1C)OC(C)(C(=O)NCCC(C)C)CC2. The molecule has 1 amide bonds. The van der Waals surface area contributed by atoms with Gasteiger partial charge in [0.25, 0.3) is 5.91 Å². The van der Waals surface area contributed by atoms with Crippen molar-refractivity contribution in [2.24, 2.45) is 5.92 Å². The van der Waals surface area contributed by atoms with Crippen molar-refractivity contribution in [3.8, 4) is 5.75 Å². The van der Waals surface area contributed by atoms with Gasteiger partial charge in [0.2, 0.25) is 0 Å². The van der Waals surface area contributed by atoms with Crippen molar-refractivity contribution in [3.05, 3.63) is 28.3 Å². The Morgan fingerprint density at radius 2 is 2.00 bits per heavy atom. The topological polar surface area (TPSA) is 38.3 Å². The standard InChI is InChI=1S/C19H29NO2/c1-12(2)8-10-20-18(21)19(6)9-7-16-14(4)11-13(3)15(5)17(16)22-19/h11-12H,7-10H2,1-6H3,(H,20,21). The molecule has 0 saturated carbocycles. The van der Waals surface area contributed by atoms with Crippen LogP contribution in [0.25, 0.3) is 0 Å². The Morgan fingerprint density at radius 1 is 1.32 bits per heavy atom. The zero-order valence-corrected chi connectivity index (χ0v) is 14.8. The van der Waals surface area contributed by atoms with E-state index in [1.54, 1.807) is 0 Å². The number of amides is 1. The lowest BCUT2D eigenvalue weighted by Gasteiger charge is -2.36. The minimum absolute atomic E-state index is 0.0114. The molecule has 0 saturated heterocycles. The van der Waals surface area contributed by atoms with Gasteiger partial charge in [-0.25, -0.2) is 0 Å². The van der Waals surface area contributed by atoms with E-state index < -0.39 is 5.60 Å². The number of rotatable bonds is 4. The van der Waals surface area contributed by atoms with Crippen molar-refractivity contribution in [1.29, 1.82) is 0 Å². The summed E-state index contributed by atoms with van der Waals surface area (Å²) in [4.78, 5) is 12.6. The number of benzene rings is 1. The molecule has 1 aliphatic rings. The first-order valence-corrected chi connectivity index (χ1v) is 8.31. The van der Waals surface area contributed by atoms with Crippen molar-refractivity contribution < 1.29 is 9.53 Å². The number of aryl methyl sites for hydroxylation is 2. The maximum atomic E-state index is 12.6. The van der Waals surface area contributed by atoms with Crippen LogP contribution in [-0.4, -0.2) is 18.1 Å². The van der Waals surface area contributed by atoms with E-state index in [1.165, 1.54) is 16.7 Å². The summed E-state index contributed by atoms with van der Waals surface area (Å²) in [6.07, 6.45) is 2.63. The Labute approximate surface area is 134 Å². The molecule has 1 N–H and O–H groups in total. The van der Waals surface area contributed by atoms with Gasteiger partial charge in [0.15, 0.2) is 5.60 Å². The van der Waals surface area contributed by atoms with Crippen LogP contribution in [0.4, 0.5) is 0 Å². The number of ether oxygens (including phenoxy) is 1. The number of hydrogen-bond donors (Lipinski definition) is 1. The number of fused-ring (bicyclic) bond motifs is 1. The maximum absolute atomic E-state index is 12.6. The van der Waals surface area contributed by atoms with Crippen LogP contribution in [0, 0.1) is 26.7 Å². The fraction of sp³-hybridized carbons (Fsp3) is 0.632. The van der Waals surface area contributed by atoms with Gasteiger partial charge in [0.05, 0.1) is 0 Å². The van der Waals surface area contributed by atoms with Crippen molar-refractivity contribution in [2.75, 3.05) is 6.54 Å². The molecule has 2 rings (SSSR count). The van der Waals surface area contributed by atoms with Gasteiger partial charge >= 0.3 is 0 Å². The minimum Gasteiger partial charge on any atom is -0.477 e. The molecule has 0 bridgehead atoms. The average Bonchev–Trinajstić information content (AvgIpc) is 2.44. The summed E-state index contributed by atoms with van der Waals surface area (Å²) in [6, 6.07) is 2.21. The zero-order valence-electron chi connectivity index (χ0n) is 14.8. The Bertz CT molecular complexity index is 577. The molecule has 1 aliphatic heterocycles. The lowest BCUT2D eigenvalue weighted by molar-refractivity contribution is -0.136. The summed E-state index contributed by atoms with van der Waals surface area (Å²) in [5, 5.41) is 3.04. The van der Waals surface area contributed by atoms with Crippen molar-refractivity contribution in [3.63, 3.8) is 0 Å². The van der Waals surface area contributed by atoms with E-state index in [0.29, 0.717) is 12.5 Å². The second kappa shape index (κ2) is 6.31. The Morgan fingerprint density at radius 3 is 2.64 bits per heavy atom. The Hall–Kier alpha value is -1.51. The van der Waals surface area contributed by atoms with Gasteiger partial charge in [0, 0.05) is 13.0 Å². The molecule has 0 aromatic heterocycles. The number of carbonyl (C=O) groups excluding carboxylic acids is 1. The zero-order chi connectivity index (χ0) is 16.5. The third kappa shape index (κ3) is 3.29. The molecule has 0 fully saturated rings. The summed E-state index contributed by atoms with van der Waals surface area (Å²) < 4.78 is 6.22. The van der Waals surface area contributed by atoms with E-state index in [0.717, 1.165) is 30.6 Å². The van der Waals surface area contributed by atoms with Crippen molar-refractivity contribution in [1.82, 2.24) is 5.32 Å². The predicted molar refractivity (Wildman–Crippen MR) is 90.5 cm³/mol. The van der Waals surface area contributed by atoms with Crippen LogP contribution in [0.5, 0.6) is 5.75 Å². The van der Waals surface area contributed by atoms with Crippen LogP contribution in [0.1, 0.15) is 55.9 Å². The van der Waals surface area contributed by atoms with Gasteiger partial charge in [-0.1, -0.05) is 19.9 Å². The fourth-order valence-electron chi connectivity index (χ4n) is 3.01. The number of nitrogens with one attached hydrogen (secondary N) is 1. The molecule has 0 radical (unpaired) electrons. The summed E-state index contributed by atoms with van der Waals surface area (Å²) in [5.41, 5.74) is 4.15. The Balaban J connectivity index is 2.18. The van der Waals surface area contributed by atoms with Crippen molar-refractivity contribution >= 4 is 5.91 Å². The van der Waals surface area contributed by atoms with Gasteiger partial charge in [-0.3, -0.25) is 4.79 Å². The molecular formula is C19H29NO2. The molecule has 1 heterocycles. The van der Waals surface area contributed by atoms with E-state index in [9.17, 15) is 4.79 Å². The van der Waals surface area contributed by atoms with Crippen LogP contribution >= 0.6 is 0 Å². The highest BCUT2D eigenvalue weighted by molar-refractivity contribution is 5.85. The van der Waals surface area contributed by atoms with E-state index in [1.807, 2.05) is 6.92 Å². The summed E-state index contributed by atoms with van der Waals surface area (Å²) in [7, 11) is 0. The third-order valence-electron chi connectivity index (χ3n) is 4.78. The summed E-state index contributed by atoms with van der Waals surface area (Å²) in [5.74, 6) is 1.52. The predicted octanol–water partition coefficient (Wildman–Crippen LogP) is 3.86. The summed E-state index contributed by atoms with van der Waals surface area (Å²) in [6.45, 7) is 13.3. The molecule has 3 heteroatoms. The molecule has 0 spiro atoms. The number of hydrogen-bond acceptors (Lipinski definition) is 2. The molecule has 3 nitrogen and oxygen atoms in total. The quantitative estimate of drug-likeness (QED) is 0.917. The van der Waals surface area contributed by atoms with Gasteiger partial charge in [0.1, 0.15) is 5.75 Å². The molecule has 1 aromatic rings. The van der Waals surface area contributed by atoms with E-state index in [4.69, 9.17) is 4.74 Å². The fourth-order valence-corrected chi connectivity index (χ4v) is 3.01. The molecule has 122 valence electrons. The molecule has 1 atom stereocenters. The molecule has 1 aromatic carbocycles. The van der Waals surface area contributed by atoms with Gasteiger partial charge in [-0.15, -0.1) is 0 Å². The molecule has 22 heavy (non-hydrogen) atoms. The van der Waals surface area contributed by atoms with Gasteiger partial charge in [-0.2, -0.15) is 0 Å². The van der Waals surface area contributed by atoms with E-state index >= 15 is 0 Å². The normalized spacial score (nSPS) is 20.5. The number of carbonyl (C=O) groups is 1. The van der Waals surface area contributed by atoms with Gasteiger partial charge in [-0.05, 0) is 68.7 Å². The minimum atomic E-state index is -0.755. The maximum Gasteiger partial charge on any atom is 0.263 e. The first kappa shape index (κ1) is 16.9. The van der Waals surface area contributed by atoms with Gasteiger partial charge < -0.3 is 10.1 Å². The first-order chi connectivity index (χ1) is 10.2. The average molecular weight is 303 g/mol. The highest BCUT2D eigenvalue weighted by Crippen LogP contribution is 2.39. The lowest BCUT2D eigenvalue weighted by Crippen LogP contribution is -2.51. The Kier molecular flexibility index (Phi) is 4.84. The van der Waals surface area contributed by atoms with E-state index in [2.05, 4.69) is 46.0 Å². The largest absolute Gasteiger partial charge is 0.477 e. The molecule has 1 unspecified atom stereocenters. The highest BCUT2D eigenvalue weighted by atomic mass is 16.5. The van der Waals surface area contributed by atoms with Crippen LogP contribution in [0.15, 0.2) is 6.07 Å². The smallest absolute Gasteiger partial charge is 0.263 e. The van der Waals surface area contributed by atoms with Crippen LogP contribution < -0.4 is 10.1 Å².